The van der Waals surface area contributed by atoms with Crippen LogP contribution in [0.15, 0.2) is 16.8 Å². The minimum absolute atomic E-state index is 0.630. The molecule has 0 aliphatic rings. The smallest absolute Gasteiger partial charge is 0.00488 e. The highest BCUT2D eigenvalue weighted by molar-refractivity contribution is 7.07. The third-order valence-corrected chi connectivity index (χ3v) is 3.21. The summed E-state index contributed by atoms with van der Waals surface area (Å²) in [4.78, 5) is 0. The largest absolute Gasteiger partial charge is 0.330 e. The quantitative estimate of drug-likeness (QED) is 0.762. The van der Waals surface area contributed by atoms with E-state index in [1.54, 1.807) is 11.3 Å². The molecule has 1 aromatic rings. The van der Waals surface area contributed by atoms with E-state index in [0.717, 1.165) is 6.54 Å². The Morgan fingerprint density at radius 3 is 2.67 bits per heavy atom. The molecule has 0 aromatic carbocycles. The molecule has 0 aliphatic carbocycles. The highest BCUT2D eigenvalue weighted by Gasteiger charge is 2.10. The van der Waals surface area contributed by atoms with E-state index in [9.17, 15) is 0 Å². The van der Waals surface area contributed by atoms with Gasteiger partial charge >= 0.3 is 0 Å². The monoisotopic (exact) mass is 183 g/mol. The zero-order chi connectivity index (χ0) is 8.97. The molecule has 0 bridgehead atoms. The van der Waals surface area contributed by atoms with Crippen molar-refractivity contribution in [3.63, 3.8) is 0 Å². The average molecular weight is 183 g/mol. The van der Waals surface area contributed by atoms with Gasteiger partial charge in [0.2, 0.25) is 0 Å². The summed E-state index contributed by atoms with van der Waals surface area (Å²) in [5.41, 5.74) is 7.06. The Balaban J connectivity index is 2.41. The normalized spacial score (nSPS) is 15.9. The van der Waals surface area contributed by atoms with Gasteiger partial charge in [-0.25, -0.2) is 0 Å². The zero-order valence-electron chi connectivity index (χ0n) is 7.79. The van der Waals surface area contributed by atoms with Gasteiger partial charge in [-0.2, -0.15) is 11.3 Å². The van der Waals surface area contributed by atoms with Crippen LogP contribution in [0.4, 0.5) is 0 Å². The number of hydrogen-bond acceptors (Lipinski definition) is 2. The van der Waals surface area contributed by atoms with Crippen LogP contribution < -0.4 is 5.73 Å². The fraction of sp³-hybridized carbons (Fsp3) is 0.600. The number of rotatable bonds is 4. The van der Waals surface area contributed by atoms with Gasteiger partial charge in [-0.3, -0.25) is 0 Å². The third kappa shape index (κ3) is 2.61. The SMILES string of the molecule is CC(CN)C(C)Cc1ccsc1. The Hall–Kier alpha value is -0.340. The van der Waals surface area contributed by atoms with Gasteiger partial charge in [0, 0.05) is 0 Å². The van der Waals surface area contributed by atoms with Crippen molar-refractivity contribution in [3.05, 3.63) is 22.4 Å². The van der Waals surface area contributed by atoms with E-state index in [-0.39, 0.29) is 0 Å². The zero-order valence-corrected chi connectivity index (χ0v) is 8.60. The van der Waals surface area contributed by atoms with Crippen molar-refractivity contribution < 1.29 is 0 Å². The Bertz CT molecular complexity index is 206. The van der Waals surface area contributed by atoms with Crippen LogP contribution >= 0.6 is 11.3 Å². The van der Waals surface area contributed by atoms with Gasteiger partial charge in [0.1, 0.15) is 0 Å². The van der Waals surface area contributed by atoms with Crippen molar-refractivity contribution in [2.75, 3.05) is 6.54 Å². The van der Waals surface area contributed by atoms with Crippen molar-refractivity contribution in [2.24, 2.45) is 17.6 Å². The summed E-state index contributed by atoms with van der Waals surface area (Å²) in [6.07, 6.45) is 1.17. The summed E-state index contributed by atoms with van der Waals surface area (Å²) in [6.45, 7) is 5.29. The first-order chi connectivity index (χ1) is 5.74. The molecule has 1 aromatic heterocycles. The highest BCUT2D eigenvalue weighted by atomic mass is 32.1. The standard InChI is InChI=1S/C10H17NS/c1-8(9(2)6-11)5-10-3-4-12-7-10/h3-4,7-9H,5-6,11H2,1-2H3. The first kappa shape index (κ1) is 9.75. The molecule has 0 radical (unpaired) electrons. The second-order valence-electron chi connectivity index (χ2n) is 3.53. The van der Waals surface area contributed by atoms with Crippen LogP contribution in [0.5, 0.6) is 0 Å². The maximum absolute atomic E-state index is 5.60. The van der Waals surface area contributed by atoms with Crippen molar-refractivity contribution in [1.82, 2.24) is 0 Å². The van der Waals surface area contributed by atoms with Crippen LogP contribution in [0.3, 0.4) is 0 Å². The van der Waals surface area contributed by atoms with Gasteiger partial charge in [-0.15, -0.1) is 0 Å². The summed E-state index contributed by atoms with van der Waals surface area (Å²) >= 11 is 1.77. The maximum Gasteiger partial charge on any atom is -0.00488 e. The maximum atomic E-state index is 5.60. The Morgan fingerprint density at radius 2 is 2.17 bits per heavy atom. The molecule has 1 heterocycles. The molecule has 0 spiro atoms. The molecular formula is C10H17NS. The molecule has 2 N–H and O–H groups in total. The van der Waals surface area contributed by atoms with Crippen LogP contribution in [0.1, 0.15) is 19.4 Å². The fourth-order valence-electron chi connectivity index (χ4n) is 1.21. The van der Waals surface area contributed by atoms with Gasteiger partial charge in [0.15, 0.2) is 0 Å². The summed E-state index contributed by atoms with van der Waals surface area (Å²) < 4.78 is 0. The average Bonchev–Trinajstić information content (AvgIpc) is 2.55. The first-order valence-electron chi connectivity index (χ1n) is 4.45. The number of hydrogen-bond donors (Lipinski definition) is 1. The molecule has 1 nitrogen and oxygen atoms in total. The summed E-state index contributed by atoms with van der Waals surface area (Å²) in [5.74, 6) is 1.33. The van der Waals surface area contributed by atoms with Crippen LogP contribution in [-0.4, -0.2) is 6.54 Å². The lowest BCUT2D eigenvalue weighted by molar-refractivity contribution is 0.395. The van der Waals surface area contributed by atoms with E-state index < -0.39 is 0 Å². The molecule has 0 saturated carbocycles. The third-order valence-electron chi connectivity index (χ3n) is 2.48. The molecule has 12 heavy (non-hydrogen) atoms. The summed E-state index contributed by atoms with van der Waals surface area (Å²) in [6, 6.07) is 2.20. The predicted octanol–water partition coefficient (Wildman–Crippen LogP) is 2.52. The molecule has 0 saturated heterocycles. The minimum atomic E-state index is 0.630. The topological polar surface area (TPSA) is 26.0 Å². The number of nitrogens with two attached hydrogens (primary N) is 1. The van der Waals surface area contributed by atoms with E-state index >= 15 is 0 Å². The van der Waals surface area contributed by atoms with E-state index in [2.05, 4.69) is 30.7 Å². The fourth-order valence-corrected chi connectivity index (χ4v) is 1.90. The van der Waals surface area contributed by atoms with Gasteiger partial charge in [-0.05, 0) is 47.2 Å². The van der Waals surface area contributed by atoms with Gasteiger partial charge in [0.05, 0.1) is 0 Å². The molecule has 68 valence electrons. The van der Waals surface area contributed by atoms with E-state index in [4.69, 9.17) is 5.73 Å². The van der Waals surface area contributed by atoms with Gasteiger partial charge in [-0.1, -0.05) is 13.8 Å². The molecule has 0 aliphatic heterocycles. The van der Waals surface area contributed by atoms with Crippen LogP contribution in [0.25, 0.3) is 0 Å². The van der Waals surface area contributed by atoms with Crippen LogP contribution in [0.2, 0.25) is 0 Å². The van der Waals surface area contributed by atoms with Gasteiger partial charge < -0.3 is 5.73 Å². The van der Waals surface area contributed by atoms with Gasteiger partial charge in [0.25, 0.3) is 0 Å². The molecular weight excluding hydrogens is 166 g/mol. The highest BCUT2D eigenvalue weighted by Crippen LogP contribution is 2.17. The van der Waals surface area contributed by atoms with Crippen molar-refractivity contribution >= 4 is 11.3 Å². The lowest BCUT2D eigenvalue weighted by Gasteiger charge is -2.16. The Labute approximate surface area is 78.6 Å². The lowest BCUT2D eigenvalue weighted by atomic mass is 9.91. The second kappa shape index (κ2) is 4.63. The van der Waals surface area contributed by atoms with E-state index in [1.807, 2.05) is 0 Å². The first-order valence-corrected chi connectivity index (χ1v) is 5.39. The predicted molar refractivity (Wildman–Crippen MR) is 55.4 cm³/mol. The number of thiophene rings is 1. The molecule has 2 heteroatoms. The summed E-state index contributed by atoms with van der Waals surface area (Å²) in [5, 5.41) is 4.36. The second-order valence-corrected chi connectivity index (χ2v) is 4.31. The summed E-state index contributed by atoms with van der Waals surface area (Å²) in [7, 11) is 0. The van der Waals surface area contributed by atoms with Crippen molar-refractivity contribution in [1.29, 1.82) is 0 Å². The van der Waals surface area contributed by atoms with Crippen molar-refractivity contribution in [2.45, 2.75) is 20.3 Å². The Morgan fingerprint density at radius 1 is 1.42 bits per heavy atom. The Kier molecular flexibility index (Phi) is 3.76. The molecule has 0 fully saturated rings. The lowest BCUT2D eigenvalue weighted by Crippen LogP contribution is -2.19. The molecule has 2 atom stereocenters. The minimum Gasteiger partial charge on any atom is -0.330 e. The van der Waals surface area contributed by atoms with E-state index in [1.165, 1.54) is 12.0 Å². The van der Waals surface area contributed by atoms with Crippen LogP contribution in [0, 0.1) is 11.8 Å². The molecule has 2 unspecified atom stereocenters. The molecule has 0 amide bonds. The van der Waals surface area contributed by atoms with Crippen molar-refractivity contribution in [3.8, 4) is 0 Å². The van der Waals surface area contributed by atoms with E-state index in [0.29, 0.717) is 11.8 Å². The van der Waals surface area contributed by atoms with Crippen LogP contribution in [-0.2, 0) is 6.42 Å². The molecule has 1 rings (SSSR count).